The summed E-state index contributed by atoms with van der Waals surface area (Å²) in [6, 6.07) is 7.95. The topological polar surface area (TPSA) is 98.7 Å². The minimum absolute atomic E-state index is 0.0362. The predicted molar refractivity (Wildman–Crippen MR) is 137 cm³/mol. The smallest absolute Gasteiger partial charge is 0.244 e. The molecule has 1 aromatic rings. The largest absolute Gasteiger partial charge is 0.394 e. The molecule has 3 saturated heterocycles. The fourth-order valence-corrected chi connectivity index (χ4v) is 9.48. The van der Waals surface area contributed by atoms with Gasteiger partial charge < -0.3 is 20.6 Å². The number of nitrogens with zero attached hydrogens (tertiary/aromatic N) is 1. The Balaban J connectivity index is 1.76. The summed E-state index contributed by atoms with van der Waals surface area (Å²) in [7, 11) is 0. The van der Waals surface area contributed by atoms with Crippen LogP contribution in [0.5, 0.6) is 0 Å². The first-order valence-electron chi connectivity index (χ1n) is 12.3. The summed E-state index contributed by atoms with van der Waals surface area (Å²) in [5, 5.41) is 16.4. The van der Waals surface area contributed by atoms with Gasteiger partial charge in [-0.2, -0.15) is 0 Å². The van der Waals surface area contributed by atoms with E-state index in [0.717, 1.165) is 24.8 Å². The van der Waals surface area contributed by atoms with Crippen molar-refractivity contribution >= 4 is 45.4 Å². The Labute approximate surface area is 213 Å². The lowest BCUT2D eigenvalue weighted by molar-refractivity contribution is -0.142. The van der Waals surface area contributed by atoms with Crippen molar-refractivity contribution in [3.05, 3.63) is 35.9 Å². The summed E-state index contributed by atoms with van der Waals surface area (Å²) in [4.78, 5) is 42.7. The average molecular weight is 553 g/mol. The molecule has 4 rings (SSSR count). The van der Waals surface area contributed by atoms with Crippen molar-refractivity contribution in [2.24, 2.45) is 11.8 Å². The maximum Gasteiger partial charge on any atom is 0.244 e. The number of nitrogens with one attached hydrogen (secondary N) is 2. The SMILES string of the molecule is CCCCNC(=O)C1N([C@H](CO)c2ccccc2)C(=O)[C@@H]2[C@@H](C(=O)NCCC)[C@@H]3SC12CC3Br. The van der Waals surface area contributed by atoms with Gasteiger partial charge >= 0.3 is 0 Å². The van der Waals surface area contributed by atoms with Gasteiger partial charge in [-0.05, 0) is 24.8 Å². The van der Waals surface area contributed by atoms with Crippen molar-refractivity contribution < 1.29 is 19.5 Å². The van der Waals surface area contributed by atoms with Crippen molar-refractivity contribution in [2.75, 3.05) is 19.7 Å². The molecule has 3 N–H and O–H groups in total. The van der Waals surface area contributed by atoms with Crippen LogP contribution >= 0.6 is 27.7 Å². The monoisotopic (exact) mass is 551 g/mol. The Morgan fingerprint density at radius 1 is 1.18 bits per heavy atom. The van der Waals surface area contributed by atoms with Gasteiger partial charge in [0.05, 0.1) is 29.2 Å². The number of aliphatic hydroxyl groups is 1. The highest BCUT2D eigenvalue weighted by Crippen LogP contribution is 2.68. The molecule has 1 spiro atoms. The van der Waals surface area contributed by atoms with E-state index in [1.807, 2.05) is 37.3 Å². The van der Waals surface area contributed by atoms with Gasteiger partial charge in [0.15, 0.2) is 0 Å². The van der Waals surface area contributed by atoms with E-state index in [9.17, 15) is 19.5 Å². The average Bonchev–Trinajstić information content (AvgIpc) is 3.43. The highest BCUT2D eigenvalue weighted by Gasteiger charge is 2.76. The Kier molecular flexibility index (Phi) is 7.94. The maximum atomic E-state index is 14.1. The molecule has 3 fully saturated rings. The zero-order valence-electron chi connectivity index (χ0n) is 19.7. The molecule has 3 unspecified atom stereocenters. The molecule has 7 nitrogen and oxygen atoms in total. The number of benzene rings is 1. The summed E-state index contributed by atoms with van der Waals surface area (Å²) >= 11 is 5.39. The molecule has 0 radical (unpaired) electrons. The molecular weight excluding hydrogens is 518 g/mol. The zero-order valence-corrected chi connectivity index (χ0v) is 22.1. The number of halogens is 1. The van der Waals surface area contributed by atoms with E-state index in [0.29, 0.717) is 19.5 Å². The van der Waals surface area contributed by atoms with Gasteiger partial charge in [-0.15, -0.1) is 11.8 Å². The van der Waals surface area contributed by atoms with Crippen molar-refractivity contribution in [3.8, 4) is 0 Å². The Bertz CT molecular complexity index is 919. The van der Waals surface area contributed by atoms with E-state index in [1.54, 1.807) is 16.7 Å². The number of hydrogen-bond acceptors (Lipinski definition) is 5. The lowest BCUT2D eigenvalue weighted by atomic mass is 9.70. The number of thioether (sulfide) groups is 1. The van der Waals surface area contributed by atoms with E-state index in [2.05, 4.69) is 33.5 Å². The van der Waals surface area contributed by atoms with Crippen LogP contribution in [0.1, 0.15) is 51.1 Å². The number of aliphatic hydroxyl groups excluding tert-OH is 1. The van der Waals surface area contributed by atoms with E-state index < -0.39 is 28.7 Å². The highest BCUT2D eigenvalue weighted by molar-refractivity contribution is 9.09. The fourth-order valence-electron chi connectivity index (χ4n) is 5.88. The van der Waals surface area contributed by atoms with Crippen molar-refractivity contribution in [2.45, 2.75) is 66.4 Å². The van der Waals surface area contributed by atoms with E-state index in [1.165, 1.54) is 0 Å². The minimum Gasteiger partial charge on any atom is -0.394 e. The van der Waals surface area contributed by atoms with Crippen LogP contribution in [0.25, 0.3) is 0 Å². The van der Waals surface area contributed by atoms with Gasteiger partial charge in [0.25, 0.3) is 0 Å². The van der Waals surface area contributed by atoms with Gasteiger partial charge in [-0.3, -0.25) is 14.4 Å². The molecule has 0 aliphatic carbocycles. The number of rotatable bonds is 10. The van der Waals surface area contributed by atoms with Crippen LogP contribution in [0, 0.1) is 11.8 Å². The van der Waals surface area contributed by atoms with Gasteiger partial charge in [0.2, 0.25) is 17.7 Å². The normalized spacial score (nSPS) is 32.5. The minimum atomic E-state index is -0.752. The summed E-state index contributed by atoms with van der Waals surface area (Å²) in [6.45, 7) is 4.86. The van der Waals surface area contributed by atoms with Crippen LogP contribution in [0.4, 0.5) is 0 Å². The first-order valence-corrected chi connectivity index (χ1v) is 14.1. The predicted octanol–water partition coefficient (Wildman–Crippen LogP) is 2.63. The number of amides is 3. The molecule has 2 bridgehead atoms. The summed E-state index contributed by atoms with van der Waals surface area (Å²) in [5.41, 5.74) is 0.781. The zero-order chi connectivity index (χ0) is 24.5. The Morgan fingerprint density at radius 2 is 1.88 bits per heavy atom. The van der Waals surface area contributed by atoms with Crippen molar-refractivity contribution in [1.29, 1.82) is 0 Å². The molecule has 9 heteroatoms. The Hall–Kier alpha value is -1.58. The lowest BCUT2D eigenvalue weighted by Gasteiger charge is -2.37. The number of hydrogen-bond donors (Lipinski definition) is 3. The third-order valence-electron chi connectivity index (χ3n) is 7.35. The third kappa shape index (κ3) is 4.17. The molecule has 186 valence electrons. The number of carbonyl (C=O) groups is 3. The van der Waals surface area contributed by atoms with Crippen LogP contribution in [0.2, 0.25) is 0 Å². The van der Waals surface area contributed by atoms with Crippen molar-refractivity contribution in [3.63, 3.8) is 0 Å². The second kappa shape index (κ2) is 10.6. The second-order valence-corrected chi connectivity index (χ2v) is 12.2. The quantitative estimate of drug-likeness (QED) is 0.306. The second-order valence-electron chi connectivity index (χ2n) is 9.45. The third-order valence-corrected chi connectivity index (χ3v) is 10.6. The number of unbranched alkanes of at least 4 members (excludes halogenated alkanes) is 1. The van der Waals surface area contributed by atoms with E-state index in [4.69, 9.17) is 0 Å². The highest BCUT2D eigenvalue weighted by atomic mass is 79.9. The number of carbonyl (C=O) groups excluding carboxylic acids is 3. The molecule has 1 aromatic carbocycles. The summed E-state index contributed by atoms with van der Waals surface area (Å²) in [6.07, 6.45) is 3.24. The molecule has 34 heavy (non-hydrogen) atoms. The summed E-state index contributed by atoms with van der Waals surface area (Å²) < 4.78 is -0.706. The molecule has 0 aromatic heterocycles. The van der Waals surface area contributed by atoms with E-state index >= 15 is 0 Å². The molecule has 0 saturated carbocycles. The van der Waals surface area contributed by atoms with Gasteiger partial charge in [0, 0.05) is 23.2 Å². The van der Waals surface area contributed by atoms with Crippen LogP contribution < -0.4 is 10.6 Å². The molecular formula is C25H34BrN3O4S. The standard InChI is InChI=1S/C25H34BrN3O4S/c1-3-5-12-28-23(32)21-25-13-16(26)20(34-25)18(22(31)27-11-4-2)19(25)24(33)29(21)17(14-30)15-9-7-6-8-10-15/h6-10,16-21,30H,3-5,11-14H2,1-2H3,(H,27,31)(H,28,32)/t16?,17-,18-,19+,20-,21?,25?/m1/s1. The van der Waals surface area contributed by atoms with Crippen LogP contribution in [0.3, 0.4) is 0 Å². The number of fused-ring (bicyclic) bond motifs is 1. The molecule has 3 aliphatic rings. The van der Waals surface area contributed by atoms with Gasteiger partial charge in [0.1, 0.15) is 6.04 Å². The van der Waals surface area contributed by atoms with Gasteiger partial charge in [-0.25, -0.2) is 0 Å². The molecule has 3 amide bonds. The van der Waals surface area contributed by atoms with Gasteiger partial charge in [-0.1, -0.05) is 66.5 Å². The fraction of sp³-hybridized carbons (Fsp3) is 0.640. The first kappa shape index (κ1) is 25.5. The van der Waals surface area contributed by atoms with Crippen LogP contribution in [-0.2, 0) is 14.4 Å². The number of likely N-dealkylation sites (tertiary alicyclic amines) is 1. The molecule has 3 aliphatic heterocycles. The first-order chi connectivity index (χ1) is 16.4. The number of alkyl halides is 1. The van der Waals surface area contributed by atoms with Crippen LogP contribution in [-0.4, -0.2) is 68.3 Å². The molecule has 7 atom stereocenters. The van der Waals surface area contributed by atoms with Crippen LogP contribution in [0.15, 0.2) is 30.3 Å². The Morgan fingerprint density at radius 3 is 2.53 bits per heavy atom. The lowest BCUT2D eigenvalue weighted by Crippen LogP contribution is -2.55. The van der Waals surface area contributed by atoms with Crippen molar-refractivity contribution in [1.82, 2.24) is 15.5 Å². The van der Waals surface area contributed by atoms with E-state index in [-0.39, 0.29) is 34.4 Å². The molecule has 3 heterocycles. The summed E-state index contributed by atoms with van der Waals surface area (Å²) in [5.74, 6) is -1.61. The maximum absolute atomic E-state index is 14.1.